The van der Waals surface area contributed by atoms with Gasteiger partial charge in [-0.05, 0) is 28.8 Å². The van der Waals surface area contributed by atoms with Crippen LogP contribution in [0, 0.1) is 0 Å². The molecule has 1 unspecified atom stereocenters. The first-order valence-corrected chi connectivity index (χ1v) is 15.5. The Balaban J connectivity index is 1.51. The van der Waals surface area contributed by atoms with Gasteiger partial charge in [-0.1, -0.05) is 109 Å². The van der Waals surface area contributed by atoms with E-state index in [9.17, 15) is 9.00 Å². The molecule has 4 aromatic carbocycles. The summed E-state index contributed by atoms with van der Waals surface area (Å²) in [6.07, 6.45) is -2.95. The van der Waals surface area contributed by atoms with Crippen LogP contribution in [0.1, 0.15) is 23.6 Å². The Labute approximate surface area is 255 Å². The predicted molar refractivity (Wildman–Crippen MR) is 163 cm³/mol. The van der Waals surface area contributed by atoms with Gasteiger partial charge < -0.3 is 23.7 Å². The lowest BCUT2D eigenvalue weighted by Gasteiger charge is -2.45. The number of carbonyl (C=O) groups is 1. The molecule has 1 aliphatic rings. The van der Waals surface area contributed by atoms with Crippen LogP contribution in [0.4, 0.5) is 0 Å². The monoisotopic (exact) mass is 600 g/mol. The van der Waals surface area contributed by atoms with Gasteiger partial charge in [0.1, 0.15) is 31.0 Å². The molecular formula is C35H36O7S. The summed E-state index contributed by atoms with van der Waals surface area (Å²) in [6.45, 7) is 2.05. The molecule has 0 aliphatic carbocycles. The third-order valence-corrected chi connectivity index (χ3v) is 8.62. The van der Waals surface area contributed by atoms with Crippen molar-refractivity contribution in [3.8, 4) is 0 Å². The highest BCUT2D eigenvalue weighted by Crippen LogP contribution is 2.34. The summed E-state index contributed by atoms with van der Waals surface area (Å²) in [7, 11) is -1.64. The molecule has 8 heteroatoms. The number of rotatable bonds is 13. The molecule has 1 aliphatic heterocycles. The topological polar surface area (TPSA) is 80.3 Å². The average Bonchev–Trinajstić information content (AvgIpc) is 3.06. The maximum Gasteiger partial charge on any atom is 0.302 e. The van der Waals surface area contributed by atoms with E-state index in [1.54, 1.807) is 12.1 Å². The minimum atomic E-state index is -1.64. The second-order valence-electron chi connectivity index (χ2n) is 10.2. The van der Waals surface area contributed by atoms with E-state index in [4.69, 9.17) is 23.7 Å². The maximum absolute atomic E-state index is 14.1. The van der Waals surface area contributed by atoms with Crippen LogP contribution < -0.4 is 0 Å². The fraction of sp³-hybridized carbons (Fsp3) is 0.286. The van der Waals surface area contributed by atoms with Crippen LogP contribution >= 0.6 is 0 Å². The first-order valence-electron chi connectivity index (χ1n) is 14.3. The number of esters is 1. The van der Waals surface area contributed by atoms with Crippen LogP contribution in [-0.4, -0.2) is 46.6 Å². The van der Waals surface area contributed by atoms with Crippen LogP contribution in [0.25, 0.3) is 0 Å². The predicted octanol–water partition coefficient (Wildman–Crippen LogP) is 5.84. The van der Waals surface area contributed by atoms with E-state index >= 15 is 0 Å². The lowest BCUT2D eigenvalue weighted by Crippen LogP contribution is -2.62. The second-order valence-corrected chi connectivity index (χ2v) is 11.8. The molecule has 1 fully saturated rings. The Kier molecular flexibility index (Phi) is 11.2. The molecule has 0 radical (unpaired) electrons. The molecule has 1 heterocycles. The van der Waals surface area contributed by atoms with Crippen molar-refractivity contribution in [3.63, 3.8) is 0 Å². The number of hydrogen-bond donors (Lipinski definition) is 0. The zero-order valence-corrected chi connectivity index (χ0v) is 24.8. The Hall–Kier alpha value is -3.66. The molecule has 1 saturated heterocycles. The quantitative estimate of drug-likeness (QED) is 0.179. The second kappa shape index (κ2) is 15.7. The average molecular weight is 601 g/mol. The third-order valence-electron chi connectivity index (χ3n) is 7.08. The summed E-state index contributed by atoms with van der Waals surface area (Å²) in [5.41, 5.74) is 1.96. The summed E-state index contributed by atoms with van der Waals surface area (Å²) in [5, 5.41) is 0. The van der Waals surface area contributed by atoms with Gasteiger partial charge in [0.2, 0.25) is 0 Å². The molecule has 0 aromatic heterocycles. The Morgan fingerprint density at radius 3 is 1.51 bits per heavy atom. The molecule has 7 nitrogen and oxygen atoms in total. The van der Waals surface area contributed by atoms with Crippen molar-refractivity contribution in [1.29, 1.82) is 0 Å². The van der Waals surface area contributed by atoms with Crippen LogP contribution in [-0.2, 0) is 59.1 Å². The first kappa shape index (κ1) is 30.8. The van der Waals surface area contributed by atoms with E-state index in [0.29, 0.717) is 4.90 Å². The molecule has 0 amide bonds. The SMILES string of the molecule is CC(=O)OC[C@H]1O[C@@H](S(=O)c2ccccc2)[C@H](OCc2ccccc2)[C@@H](OCc2ccccc2)[C@H]1OCc1ccccc1. The van der Waals surface area contributed by atoms with E-state index in [0.717, 1.165) is 16.7 Å². The van der Waals surface area contributed by atoms with Crippen LogP contribution in [0.5, 0.6) is 0 Å². The van der Waals surface area contributed by atoms with Gasteiger partial charge in [-0.25, -0.2) is 0 Å². The highest BCUT2D eigenvalue weighted by atomic mass is 32.2. The van der Waals surface area contributed by atoms with Crippen molar-refractivity contribution >= 4 is 16.8 Å². The summed E-state index contributed by atoms with van der Waals surface area (Å²) >= 11 is 0. The lowest BCUT2D eigenvalue weighted by atomic mass is 9.99. The van der Waals surface area contributed by atoms with Gasteiger partial charge in [0.15, 0.2) is 5.44 Å². The highest BCUT2D eigenvalue weighted by Gasteiger charge is 2.51. The van der Waals surface area contributed by atoms with Gasteiger partial charge >= 0.3 is 5.97 Å². The molecule has 6 atom stereocenters. The number of benzene rings is 4. The summed E-state index contributed by atoms with van der Waals surface area (Å²) in [6, 6.07) is 38.5. The van der Waals surface area contributed by atoms with E-state index < -0.39 is 46.6 Å². The smallest absolute Gasteiger partial charge is 0.302 e. The van der Waals surface area contributed by atoms with Gasteiger partial charge in [0, 0.05) is 11.8 Å². The van der Waals surface area contributed by atoms with Crippen molar-refractivity contribution < 1.29 is 32.7 Å². The zero-order chi connectivity index (χ0) is 29.9. The molecule has 224 valence electrons. The summed E-state index contributed by atoms with van der Waals surface area (Å²) in [4.78, 5) is 12.5. The maximum atomic E-state index is 14.1. The summed E-state index contributed by atoms with van der Waals surface area (Å²) in [5.74, 6) is -0.449. The van der Waals surface area contributed by atoms with Crippen molar-refractivity contribution in [2.24, 2.45) is 0 Å². The van der Waals surface area contributed by atoms with Crippen LogP contribution in [0.15, 0.2) is 126 Å². The van der Waals surface area contributed by atoms with Gasteiger partial charge in [0.25, 0.3) is 0 Å². The molecule has 0 spiro atoms. The molecule has 0 bridgehead atoms. The highest BCUT2D eigenvalue weighted by molar-refractivity contribution is 7.85. The molecular weight excluding hydrogens is 564 g/mol. The van der Waals surface area contributed by atoms with Crippen molar-refractivity contribution in [2.75, 3.05) is 6.61 Å². The van der Waals surface area contributed by atoms with Gasteiger partial charge in [-0.15, -0.1) is 0 Å². The Morgan fingerprint density at radius 1 is 0.628 bits per heavy atom. The molecule has 5 rings (SSSR count). The number of carbonyl (C=O) groups excluding carboxylic acids is 1. The van der Waals surface area contributed by atoms with Crippen molar-refractivity contribution in [3.05, 3.63) is 138 Å². The van der Waals surface area contributed by atoms with Gasteiger partial charge in [-0.3, -0.25) is 9.00 Å². The minimum Gasteiger partial charge on any atom is -0.463 e. The van der Waals surface area contributed by atoms with Crippen LogP contribution in [0.3, 0.4) is 0 Å². The number of ether oxygens (including phenoxy) is 5. The van der Waals surface area contributed by atoms with Crippen molar-refractivity contribution in [2.45, 2.75) is 61.5 Å². The molecule has 4 aromatic rings. The lowest BCUT2D eigenvalue weighted by molar-refractivity contribution is -0.254. The molecule has 43 heavy (non-hydrogen) atoms. The van der Waals surface area contributed by atoms with E-state index in [1.807, 2.05) is 109 Å². The largest absolute Gasteiger partial charge is 0.463 e. The van der Waals surface area contributed by atoms with E-state index in [-0.39, 0.29) is 26.4 Å². The Bertz CT molecular complexity index is 1420. The standard InChI is InChI=1S/C35H36O7S/c1-26(36)38-25-31-32(39-22-27-14-6-2-7-15-27)33(40-23-28-16-8-3-9-17-28)34(41-24-29-18-10-4-11-19-29)35(42-31)43(37)30-20-12-5-13-21-30/h2-21,31-35H,22-25H2,1H3/t31-,32+,33+,34-,35+,43?/m1/s1. The van der Waals surface area contributed by atoms with Crippen molar-refractivity contribution in [1.82, 2.24) is 0 Å². The van der Waals surface area contributed by atoms with Gasteiger partial charge in [0.05, 0.1) is 30.6 Å². The first-order chi connectivity index (χ1) is 21.1. The van der Waals surface area contributed by atoms with Crippen LogP contribution in [0.2, 0.25) is 0 Å². The van der Waals surface area contributed by atoms with E-state index in [1.165, 1.54) is 6.92 Å². The van der Waals surface area contributed by atoms with Gasteiger partial charge in [-0.2, -0.15) is 0 Å². The molecule has 0 N–H and O–H groups in total. The normalized spacial score (nSPS) is 22.5. The zero-order valence-electron chi connectivity index (χ0n) is 24.0. The summed E-state index contributed by atoms with van der Waals surface area (Å²) < 4.78 is 45.8. The fourth-order valence-corrected chi connectivity index (χ4v) is 6.35. The molecule has 0 saturated carbocycles. The van der Waals surface area contributed by atoms with E-state index in [2.05, 4.69) is 0 Å². The fourth-order valence-electron chi connectivity index (χ4n) is 4.94. The third kappa shape index (κ3) is 8.69. The minimum absolute atomic E-state index is 0.0894. The Morgan fingerprint density at radius 2 is 1.05 bits per heavy atom. The number of hydrogen-bond acceptors (Lipinski definition) is 7.